The number of alkyl halides is 1. The third kappa shape index (κ3) is 2.18. The predicted octanol–water partition coefficient (Wildman–Crippen LogP) is 3.35. The van der Waals surface area contributed by atoms with Crippen molar-refractivity contribution in [1.29, 1.82) is 0 Å². The van der Waals surface area contributed by atoms with Crippen LogP contribution < -0.4 is 0 Å². The van der Waals surface area contributed by atoms with Crippen LogP contribution in [0, 0.1) is 6.92 Å². The summed E-state index contributed by atoms with van der Waals surface area (Å²) in [5.41, 5.74) is 1.15. The van der Waals surface area contributed by atoms with Crippen molar-refractivity contribution in [3.63, 3.8) is 0 Å². The minimum Gasteiger partial charge on any atom is -0.244 e. The first-order valence-electron chi connectivity index (χ1n) is 4.54. The molecule has 2 heterocycles. The molecule has 0 fully saturated rings. The fourth-order valence-corrected chi connectivity index (χ4v) is 1.78. The van der Waals surface area contributed by atoms with Gasteiger partial charge in [0.1, 0.15) is 11.8 Å². The van der Waals surface area contributed by atoms with Crippen molar-refractivity contribution in [2.45, 2.75) is 13.6 Å². The van der Waals surface area contributed by atoms with E-state index in [1.54, 1.807) is 19.2 Å². The van der Waals surface area contributed by atoms with Gasteiger partial charge >= 0.3 is 0 Å². The number of hydrogen-bond donors (Lipinski definition) is 0. The zero-order valence-corrected chi connectivity index (χ0v) is 9.93. The van der Waals surface area contributed by atoms with Crippen LogP contribution in [0.4, 0.5) is 4.39 Å². The number of nitrogens with zero attached hydrogens (tertiary/aromatic N) is 3. The van der Waals surface area contributed by atoms with Crippen LogP contribution in [0.25, 0.3) is 5.82 Å². The average Bonchev–Trinajstić information content (AvgIpc) is 2.58. The first-order chi connectivity index (χ1) is 7.60. The maximum atomic E-state index is 12.5. The van der Waals surface area contributed by atoms with Crippen LogP contribution >= 0.6 is 23.2 Å². The summed E-state index contributed by atoms with van der Waals surface area (Å²) < 4.78 is 14.0. The van der Waals surface area contributed by atoms with Gasteiger partial charge in [-0.25, -0.2) is 14.1 Å². The van der Waals surface area contributed by atoms with Gasteiger partial charge in [-0.2, -0.15) is 5.10 Å². The predicted molar refractivity (Wildman–Crippen MR) is 60.9 cm³/mol. The molecule has 0 bridgehead atoms. The molecule has 0 saturated carbocycles. The third-order valence-electron chi connectivity index (χ3n) is 2.11. The van der Waals surface area contributed by atoms with Crippen molar-refractivity contribution in [2.24, 2.45) is 0 Å². The monoisotopic (exact) mass is 259 g/mol. The van der Waals surface area contributed by atoms with Gasteiger partial charge in [0, 0.05) is 17.3 Å². The molecule has 16 heavy (non-hydrogen) atoms. The maximum absolute atomic E-state index is 12.5. The van der Waals surface area contributed by atoms with Crippen LogP contribution in [0.1, 0.15) is 11.3 Å². The molecule has 0 aliphatic rings. The lowest BCUT2D eigenvalue weighted by Crippen LogP contribution is -1.98. The summed E-state index contributed by atoms with van der Waals surface area (Å²) in [4.78, 5) is 4.05. The first kappa shape index (κ1) is 11.4. The SMILES string of the molecule is Cc1cn(-c2cc(Cl)cc(Cl)n2)nc1CF. The summed E-state index contributed by atoms with van der Waals surface area (Å²) in [7, 11) is 0. The molecule has 2 aromatic rings. The number of hydrogen-bond acceptors (Lipinski definition) is 2. The van der Waals surface area contributed by atoms with Gasteiger partial charge in [-0.3, -0.25) is 0 Å². The van der Waals surface area contributed by atoms with Gasteiger partial charge in [0.05, 0.1) is 5.69 Å². The van der Waals surface area contributed by atoms with Gasteiger partial charge in [-0.1, -0.05) is 23.2 Å². The molecule has 3 nitrogen and oxygen atoms in total. The van der Waals surface area contributed by atoms with Crippen molar-refractivity contribution in [3.8, 4) is 5.82 Å². The van der Waals surface area contributed by atoms with E-state index in [-0.39, 0.29) is 5.15 Å². The number of pyridine rings is 1. The van der Waals surface area contributed by atoms with Crippen molar-refractivity contribution in [3.05, 3.63) is 39.8 Å². The molecule has 2 aromatic heterocycles. The van der Waals surface area contributed by atoms with Gasteiger partial charge in [0.15, 0.2) is 5.82 Å². The van der Waals surface area contributed by atoms with E-state index in [9.17, 15) is 4.39 Å². The lowest BCUT2D eigenvalue weighted by molar-refractivity contribution is 0.471. The fraction of sp³-hybridized carbons (Fsp3) is 0.200. The quantitative estimate of drug-likeness (QED) is 0.775. The van der Waals surface area contributed by atoms with E-state index in [2.05, 4.69) is 10.1 Å². The molecule has 0 amide bonds. The second kappa shape index (κ2) is 4.39. The molecular weight excluding hydrogens is 252 g/mol. The van der Waals surface area contributed by atoms with E-state index >= 15 is 0 Å². The van der Waals surface area contributed by atoms with Gasteiger partial charge in [0.25, 0.3) is 0 Å². The smallest absolute Gasteiger partial charge is 0.156 e. The molecule has 0 spiro atoms. The molecule has 0 aromatic carbocycles. The van der Waals surface area contributed by atoms with E-state index in [1.165, 1.54) is 10.7 Å². The Bertz CT molecular complexity index is 505. The highest BCUT2D eigenvalue weighted by Crippen LogP contribution is 2.19. The number of aryl methyl sites for hydroxylation is 1. The molecule has 0 aliphatic heterocycles. The Hall–Kier alpha value is -1.13. The highest BCUT2D eigenvalue weighted by Gasteiger charge is 2.08. The highest BCUT2D eigenvalue weighted by atomic mass is 35.5. The Labute approximate surface area is 102 Å². The number of halogens is 3. The molecule has 0 aliphatic carbocycles. The van der Waals surface area contributed by atoms with Gasteiger partial charge < -0.3 is 0 Å². The second-order valence-electron chi connectivity index (χ2n) is 3.30. The van der Waals surface area contributed by atoms with E-state index in [0.717, 1.165) is 5.56 Å². The summed E-state index contributed by atoms with van der Waals surface area (Å²) in [5.74, 6) is 0.473. The zero-order chi connectivity index (χ0) is 11.7. The summed E-state index contributed by atoms with van der Waals surface area (Å²) in [6.45, 7) is 1.18. The van der Waals surface area contributed by atoms with E-state index in [4.69, 9.17) is 23.2 Å². The van der Waals surface area contributed by atoms with Crippen LogP contribution in [0.3, 0.4) is 0 Å². The topological polar surface area (TPSA) is 30.7 Å². The largest absolute Gasteiger partial charge is 0.244 e. The van der Waals surface area contributed by atoms with E-state index < -0.39 is 6.67 Å². The minimum absolute atomic E-state index is 0.275. The second-order valence-corrected chi connectivity index (χ2v) is 4.13. The van der Waals surface area contributed by atoms with Crippen molar-refractivity contribution >= 4 is 23.2 Å². The standard InChI is InChI=1S/C10H8Cl2FN3/c1-6-5-16(15-8(6)4-13)10-3-7(11)2-9(12)14-10/h2-3,5H,4H2,1H3. The number of rotatable bonds is 2. The Kier molecular flexibility index (Phi) is 3.12. The zero-order valence-electron chi connectivity index (χ0n) is 8.41. The molecule has 0 saturated heterocycles. The van der Waals surface area contributed by atoms with Crippen LogP contribution in [-0.2, 0) is 6.67 Å². The summed E-state index contributed by atoms with van der Waals surface area (Å²) >= 11 is 11.6. The van der Waals surface area contributed by atoms with Gasteiger partial charge in [-0.15, -0.1) is 0 Å². The minimum atomic E-state index is -0.604. The van der Waals surface area contributed by atoms with E-state index in [1.807, 2.05) is 0 Å². The number of aromatic nitrogens is 3. The molecule has 0 atom stereocenters. The summed E-state index contributed by atoms with van der Waals surface area (Å²) in [6, 6.07) is 3.14. The fourth-order valence-electron chi connectivity index (χ4n) is 1.32. The molecule has 0 N–H and O–H groups in total. The highest BCUT2D eigenvalue weighted by molar-refractivity contribution is 6.34. The van der Waals surface area contributed by atoms with Crippen molar-refractivity contribution < 1.29 is 4.39 Å². The molecule has 0 radical (unpaired) electrons. The Morgan fingerprint density at radius 1 is 1.38 bits per heavy atom. The Morgan fingerprint density at radius 2 is 2.12 bits per heavy atom. The van der Waals surface area contributed by atoms with Crippen LogP contribution in [0.15, 0.2) is 18.3 Å². The third-order valence-corrected chi connectivity index (χ3v) is 2.52. The molecular formula is C10H8Cl2FN3. The van der Waals surface area contributed by atoms with Crippen molar-refractivity contribution in [2.75, 3.05) is 0 Å². The van der Waals surface area contributed by atoms with Gasteiger partial charge in [-0.05, 0) is 18.6 Å². The molecule has 6 heteroatoms. The normalized spacial score (nSPS) is 10.8. The molecule has 2 rings (SSSR count). The lowest BCUT2D eigenvalue weighted by Gasteiger charge is -2.01. The van der Waals surface area contributed by atoms with Gasteiger partial charge in [0.2, 0.25) is 0 Å². The maximum Gasteiger partial charge on any atom is 0.156 e. The van der Waals surface area contributed by atoms with Crippen LogP contribution in [0.2, 0.25) is 10.2 Å². The average molecular weight is 260 g/mol. The molecule has 84 valence electrons. The summed E-state index contributed by atoms with van der Waals surface area (Å²) in [6.07, 6.45) is 1.68. The van der Waals surface area contributed by atoms with Crippen LogP contribution in [-0.4, -0.2) is 14.8 Å². The Balaban J connectivity index is 2.49. The molecule has 0 unspecified atom stereocenters. The van der Waals surface area contributed by atoms with Crippen LogP contribution in [0.5, 0.6) is 0 Å². The van der Waals surface area contributed by atoms with Crippen molar-refractivity contribution in [1.82, 2.24) is 14.8 Å². The lowest BCUT2D eigenvalue weighted by atomic mass is 10.3. The first-order valence-corrected chi connectivity index (χ1v) is 5.30. The van der Waals surface area contributed by atoms with E-state index in [0.29, 0.717) is 16.5 Å². The summed E-state index contributed by atoms with van der Waals surface area (Å²) in [5, 5.41) is 4.78. The Morgan fingerprint density at radius 3 is 2.69 bits per heavy atom.